The topological polar surface area (TPSA) is 69.7 Å². The molecule has 214 valence electrons. The average Bonchev–Trinajstić information content (AvgIpc) is 3.60. The van der Waals surface area contributed by atoms with Gasteiger partial charge in [-0.15, -0.1) is 0 Å². The minimum Gasteiger partial charge on any atom is -0.352 e. The summed E-state index contributed by atoms with van der Waals surface area (Å²) in [7, 11) is 0. The molecule has 1 heterocycles. The number of carbonyl (C=O) groups excluding carboxylic acids is 3. The molecule has 6 nitrogen and oxygen atoms in total. The van der Waals surface area contributed by atoms with Crippen molar-refractivity contribution in [2.75, 3.05) is 11.4 Å². The lowest BCUT2D eigenvalue weighted by atomic mass is 10.0. The van der Waals surface area contributed by atoms with E-state index in [1.807, 2.05) is 60.7 Å². The lowest BCUT2D eigenvalue weighted by molar-refractivity contribution is -0.140. The van der Waals surface area contributed by atoms with Gasteiger partial charge in [-0.1, -0.05) is 96.7 Å². The summed E-state index contributed by atoms with van der Waals surface area (Å²) in [5, 5.41) is 5.88. The Hall–Kier alpha value is -3.87. The maximum Gasteiger partial charge on any atom is 0.259 e. The lowest BCUT2D eigenvalue weighted by Gasteiger charge is -2.33. The molecular formula is C34H31Cl2N3O3. The van der Waals surface area contributed by atoms with Gasteiger partial charge in [0.2, 0.25) is 11.8 Å². The van der Waals surface area contributed by atoms with E-state index in [4.69, 9.17) is 23.2 Å². The van der Waals surface area contributed by atoms with Crippen LogP contribution in [0.5, 0.6) is 0 Å². The normalized spacial score (nSPS) is 15.3. The maximum atomic E-state index is 14.4. The number of nitrogens with one attached hydrogen (secondary N) is 1. The van der Waals surface area contributed by atoms with Crippen molar-refractivity contribution in [3.05, 3.63) is 112 Å². The second kappa shape index (κ2) is 12.2. The predicted octanol–water partition coefficient (Wildman–Crippen LogP) is 6.81. The van der Waals surface area contributed by atoms with Crippen molar-refractivity contribution < 1.29 is 14.4 Å². The molecule has 0 bridgehead atoms. The van der Waals surface area contributed by atoms with Crippen LogP contribution < -0.4 is 10.2 Å². The van der Waals surface area contributed by atoms with E-state index in [1.165, 1.54) is 4.90 Å². The quantitative estimate of drug-likeness (QED) is 0.230. The molecule has 1 aliphatic carbocycles. The van der Waals surface area contributed by atoms with Crippen molar-refractivity contribution in [1.82, 2.24) is 10.2 Å². The van der Waals surface area contributed by atoms with Crippen LogP contribution in [0.2, 0.25) is 10.0 Å². The molecule has 3 amide bonds. The van der Waals surface area contributed by atoms with Gasteiger partial charge in [0.15, 0.2) is 0 Å². The molecule has 4 aromatic rings. The zero-order valence-corrected chi connectivity index (χ0v) is 24.6. The van der Waals surface area contributed by atoms with Crippen molar-refractivity contribution in [3.63, 3.8) is 0 Å². The van der Waals surface area contributed by atoms with Crippen molar-refractivity contribution in [2.24, 2.45) is 0 Å². The third kappa shape index (κ3) is 5.74. The Bertz CT molecular complexity index is 1650. The fourth-order valence-corrected chi connectivity index (χ4v) is 6.59. The van der Waals surface area contributed by atoms with Crippen molar-refractivity contribution in [3.8, 4) is 0 Å². The first kappa shape index (κ1) is 28.3. The molecule has 4 aromatic carbocycles. The number of hydrogen-bond acceptors (Lipinski definition) is 3. The van der Waals surface area contributed by atoms with Crippen molar-refractivity contribution in [1.29, 1.82) is 0 Å². The van der Waals surface area contributed by atoms with Gasteiger partial charge >= 0.3 is 0 Å². The number of hydrogen-bond donors (Lipinski definition) is 1. The third-order valence-electron chi connectivity index (χ3n) is 8.27. The first-order valence-electron chi connectivity index (χ1n) is 14.3. The van der Waals surface area contributed by atoms with Crippen LogP contribution in [0, 0.1) is 0 Å². The van der Waals surface area contributed by atoms with E-state index in [0.717, 1.165) is 42.0 Å². The van der Waals surface area contributed by atoms with Crippen LogP contribution in [-0.2, 0) is 22.6 Å². The molecule has 8 heteroatoms. The Morgan fingerprint density at radius 3 is 2.40 bits per heavy atom. The molecule has 1 N–H and O–H groups in total. The number of halogens is 2. The van der Waals surface area contributed by atoms with E-state index >= 15 is 0 Å². The highest BCUT2D eigenvalue weighted by atomic mass is 35.5. The largest absolute Gasteiger partial charge is 0.352 e. The Labute approximate surface area is 255 Å². The van der Waals surface area contributed by atoms with Crippen molar-refractivity contribution in [2.45, 2.75) is 50.7 Å². The zero-order valence-electron chi connectivity index (χ0n) is 23.1. The van der Waals surface area contributed by atoms with Crippen LogP contribution in [0.15, 0.2) is 84.9 Å². The van der Waals surface area contributed by atoms with Crippen LogP contribution >= 0.6 is 23.2 Å². The van der Waals surface area contributed by atoms with E-state index in [2.05, 4.69) is 5.32 Å². The smallest absolute Gasteiger partial charge is 0.259 e. The first-order valence-corrected chi connectivity index (χ1v) is 15.1. The second-order valence-electron chi connectivity index (χ2n) is 11.0. The number of carbonyl (C=O) groups is 3. The van der Waals surface area contributed by atoms with Gasteiger partial charge in [0.1, 0.15) is 12.6 Å². The molecule has 0 saturated heterocycles. The fourth-order valence-electron chi connectivity index (χ4n) is 6.12. The summed E-state index contributed by atoms with van der Waals surface area (Å²) in [6.45, 7) is -0.122. The maximum absolute atomic E-state index is 14.4. The van der Waals surface area contributed by atoms with E-state index < -0.39 is 6.04 Å². The van der Waals surface area contributed by atoms with E-state index in [0.29, 0.717) is 33.3 Å². The Morgan fingerprint density at radius 2 is 1.67 bits per heavy atom. The van der Waals surface area contributed by atoms with Crippen LogP contribution in [0.3, 0.4) is 0 Å². The predicted molar refractivity (Wildman–Crippen MR) is 167 cm³/mol. The van der Waals surface area contributed by atoms with Gasteiger partial charge in [-0.3, -0.25) is 19.3 Å². The molecule has 0 radical (unpaired) electrons. The summed E-state index contributed by atoms with van der Waals surface area (Å²) < 4.78 is 0. The Morgan fingerprint density at radius 1 is 0.929 bits per heavy atom. The number of amides is 3. The standard InChI is InChI=1S/C34H31Cl2N3O3/c35-25-17-16-24(28(36)19-25)20-38(30(18-22-8-2-1-3-9-22)33(41)37-26-12-4-5-13-26)31(40)21-39-29-15-7-11-23-10-6-14-27(32(23)29)34(39)42/h1-3,6-11,14-17,19,26,30H,4-5,12-13,18,20-21H2,(H,37,41). The van der Waals surface area contributed by atoms with Crippen LogP contribution in [0.1, 0.15) is 47.2 Å². The number of nitrogens with zero attached hydrogens (tertiary/aromatic N) is 2. The summed E-state index contributed by atoms with van der Waals surface area (Å²) in [5.41, 5.74) is 2.86. The fraction of sp³-hybridized carbons (Fsp3) is 0.265. The molecule has 1 saturated carbocycles. The van der Waals surface area contributed by atoms with Gasteiger partial charge in [-0.25, -0.2) is 0 Å². The van der Waals surface area contributed by atoms with E-state index in [-0.39, 0.29) is 36.9 Å². The summed E-state index contributed by atoms with van der Waals surface area (Å²) in [6, 6.07) is 25.4. The summed E-state index contributed by atoms with van der Waals surface area (Å²) in [4.78, 5) is 45.0. The molecule has 1 unspecified atom stereocenters. The minimum atomic E-state index is -0.817. The summed E-state index contributed by atoms with van der Waals surface area (Å²) in [5.74, 6) is -0.779. The number of anilines is 1. The zero-order chi connectivity index (χ0) is 29.2. The lowest BCUT2D eigenvalue weighted by Crippen LogP contribution is -2.54. The van der Waals surface area contributed by atoms with Crippen molar-refractivity contribution >= 4 is 57.4 Å². The first-order chi connectivity index (χ1) is 20.4. The molecular weight excluding hydrogens is 569 g/mol. The van der Waals surface area contributed by atoms with Gasteiger partial charge in [0, 0.05) is 40.0 Å². The SMILES string of the molecule is O=C(NC1CCCC1)C(Cc1ccccc1)N(Cc1ccc(Cl)cc1Cl)C(=O)CN1C(=O)c2cccc3cccc1c23. The molecule has 6 rings (SSSR count). The van der Waals surface area contributed by atoms with Gasteiger partial charge in [-0.2, -0.15) is 0 Å². The number of rotatable bonds is 9. The highest BCUT2D eigenvalue weighted by molar-refractivity contribution is 6.35. The average molecular weight is 601 g/mol. The molecule has 42 heavy (non-hydrogen) atoms. The molecule has 1 aliphatic heterocycles. The van der Waals surface area contributed by atoms with Gasteiger partial charge < -0.3 is 10.2 Å². The summed E-state index contributed by atoms with van der Waals surface area (Å²) >= 11 is 12.8. The highest BCUT2D eigenvalue weighted by Gasteiger charge is 2.36. The molecule has 0 aromatic heterocycles. The molecule has 0 spiro atoms. The van der Waals surface area contributed by atoms with E-state index in [9.17, 15) is 14.4 Å². The van der Waals surface area contributed by atoms with Gasteiger partial charge in [-0.05, 0) is 53.6 Å². The highest BCUT2D eigenvalue weighted by Crippen LogP contribution is 2.37. The monoisotopic (exact) mass is 599 g/mol. The number of benzene rings is 4. The second-order valence-corrected chi connectivity index (χ2v) is 11.9. The Balaban J connectivity index is 1.36. The van der Waals surface area contributed by atoms with Gasteiger partial charge in [0.05, 0.1) is 5.69 Å². The van der Waals surface area contributed by atoms with Crippen LogP contribution in [-0.4, -0.2) is 41.2 Å². The van der Waals surface area contributed by atoms with E-state index in [1.54, 1.807) is 29.2 Å². The molecule has 1 atom stereocenters. The third-order valence-corrected chi connectivity index (χ3v) is 8.86. The Kier molecular flexibility index (Phi) is 8.18. The summed E-state index contributed by atoms with van der Waals surface area (Å²) in [6.07, 6.45) is 4.30. The molecule has 1 fully saturated rings. The van der Waals surface area contributed by atoms with Crippen LogP contribution in [0.25, 0.3) is 10.8 Å². The minimum absolute atomic E-state index is 0.0825. The molecule has 2 aliphatic rings. The van der Waals surface area contributed by atoms with Gasteiger partial charge in [0.25, 0.3) is 5.91 Å². The van der Waals surface area contributed by atoms with Crippen LogP contribution in [0.4, 0.5) is 5.69 Å².